The molecule has 2 aromatic heterocycles. The molecule has 0 N–H and O–H groups in total. The number of nitrogens with zero attached hydrogens (tertiary/aromatic N) is 3. The molecule has 69 heavy (non-hydrogen) atoms. The van der Waals surface area contributed by atoms with Crippen LogP contribution < -0.4 is 14.7 Å². The summed E-state index contributed by atoms with van der Waals surface area (Å²) in [5.41, 5.74) is 26.8. The van der Waals surface area contributed by atoms with Crippen LogP contribution in [0.25, 0.3) is 65.4 Å². The minimum atomic E-state index is 0.824. The number of fused-ring (bicyclic) bond motifs is 9. The second-order valence-electron chi connectivity index (χ2n) is 20.3. The van der Waals surface area contributed by atoms with E-state index < -0.39 is 0 Å². The predicted molar refractivity (Wildman–Crippen MR) is 297 cm³/mol. The molecule has 0 bridgehead atoms. The van der Waals surface area contributed by atoms with E-state index in [1.807, 2.05) is 0 Å². The van der Waals surface area contributed by atoms with E-state index in [1.54, 1.807) is 0 Å². The third-order valence-electron chi connectivity index (χ3n) is 15.7. The SMILES string of the molecule is Cc1cc(N(c2cc(C)c(C)c(C)c2)c2ccc3cc4c(cc3c2)oc2c4cc(N(C)C)c3oc4cc5cc(N(c6cc(C)c(C)c(C)c6)c6cc(C)c(C)c(C)c6)ccc5cc4c32)cc(C)c1C. The standard InChI is InChI=1S/C64H61N3O2/c1-34-19-52(20-35(2)42(34)9)66(53-21-36(3)43(10)37(4)22-53)50-17-15-46-29-56-57-33-59(65(13)14)64-62(63(57)68-60(56)31-48(46)27-50)58-30-47-16-18-51(28-49(47)32-61(58)69-64)67(54-23-38(5)44(11)39(6)24-54)55-25-40(7)45(12)41(8)26-55/h15-33H,1-14H3. The van der Waals surface area contributed by atoms with Crippen LogP contribution in [0.4, 0.5) is 39.8 Å². The second-order valence-corrected chi connectivity index (χ2v) is 20.3. The largest absolute Gasteiger partial charge is 0.455 e. The fourth-order valence-electron chi connectivity index (χ4n) is 10.7. The summed E-state index contributed by atoms with van der Waals surface area (Å²) < 4.78 is 14.0. The molecule has 0 aliphatic carbocycles. The van der Waals surface area contributed by atoms with Gasteiger partial charge in [-0.3, -0.25) is 0 Å². The lowest BCUT2D eigenvalue weighted by atomic mass is 9.99. The Hall–Kier alpha value is -7.50. The zero-order valence-corrected chi connectivity index (χ0v) is 42.6. The summed E-state index contributed by atoms with van der Waals surface area (Å²) in [4.78, 5) is 6.97. The van der Waals surface area contributed by atoms with Gasteiger partial charge < -0.3 is 23.5 Å². The molecule has 0 radical (unpaired) electrons. The Morgan fingerprint density at radius 1 is 0.304 bits per heavy atom. The van der Waals surface area contributed by atoms with E-state index in [2.05, 4.69) is 227 Å². The van der Waals surface area contributed by atoms with Gasteiger partial charge in [-0.05, 0) is 275 Å². The molecule has 0 aliphatic heterocycles. The van der Waals surface area contributed by atoms with Gasteiger partial charge in [-0.2, -0.15) is 0 Å². The average molecular weight is 904 g/mol. The zero-order valence-electron chi connectivity index (χ0n) is 42.6. The molecular formula is C64H61N3O2. The summed E-state index contributed by atoms with van der Waals surface area (Å²) in [6.07, 6.45) is 0. The van der Waals surface area contributed by atoms with Gasteiger partial charge in [0.05, 0.1) is 11.1 Å². The number of benzene rings is 9. The Morgan fingerprint density at radius 3 is 1.03 bits per heavy atom. The summed E-state index contributed by atoms with van der Waals surface area (Å²) in [6.45, 7) is 26.5. The second kappa shape index (κ2) is 16.1. The quantitative estimate of drug-likeness (QED) is 0.159. The molecule has 11 aromatic rings. The number of aryl methyl sites for hydroxylation is 8. The van der Waals surface area contributed by atoms with Crippen molar-refractivity contribution in [2.75, 3.05) is 28.8 Å². The number of hydrogen-bond acceptors (Lipinski definition) is 5. The maximum absolute atomic E-state index is 7.05. The monoisotopic (exact) mass is 903 g/mol. The van der Waals surface area contributed by atoms with Crippen LogP contribution in [-0.2, 0) is 0 Å². The van der Waals surface area contributed by atoms with Crippen molar-refractivity contribution >= 4 is 105 Å². The summed E-state index contributed by atoms with van der Waals surface area (Å²) in [6, 6.07) is 43.5. The van der Waals surface area contributed by atoms with Gasteiger partial charge in [-0.15, -0.1) is 0 Å². The van der Waals surface area contributed by atoms with Gasteiger partial charge in [0.1, 0.15) is 16.7 Å². The normalized spacial score (nSPS) is 11.9. The topological polar surface area (TPSA) is 36.0 Å². The molecule has 2 heterocycles. The van der Waals surface area contributed by atoms with E-state index in [0.717, 1.165) is 105 Å². The molecule has 344 valence electrons. The lowest BCUT2D eigenvalue weighted by Gasteiger charge is -2.28. The molecule has 0 atom stereocenters. The molecule has 0 unspecified atom stereocenters. The first-order valence-electron chi connectivity index (χ1n) is 24.3. The predicted octanol–water partition coefficient (Wildman–Crippen LogP) is 18.5. The van der Waals surface area contributed by atoms with Crippen LogP contribution in [-0.4, -0.2) is 14.1 Å². The van der Waals surface area contributed by atoms with E-state index in [-0.39, 0.29) is 0 Å². The first-order chi connectivity index (χ1) is 32.9. The zero-order chi connectivity index (χ0) is 48.5. The van der Waals surface area contributed by atoms with E-state index in [0.29, 0.717) is 0 Å². The highest BCUT2D eigenvalue weighted by Gasteiger charge is 2.24. The smallest absolute Gasteiger partial charge is 0.162 e. The molecule has 5 heteroatoms. The third-order valence-corrected chi connectivity index (χ3v) is 15.7. The molecular weight excluding hydrogens is 843 g/mol. The van der Waals surface area contributed by atoms with Crippen molar-refractivity contribution in [3.05, 3.63) is 182 Å². The molecule has 0 spiro atoms. The lowest BCUT2D eigenvalue weighted by Crippen LogP contribution is -2.12. The first kappa shape index (κ1) is 44.0. The van der Waals surface area contributed by atoms with Gasteiger partial charge in [-0.1, -0.05) is 12.1 Å². The molecule has 9 aromatic carbocycles. The summed E-state index contributed by atoms with van der Waals surface area (Å²) in [5.74, 6) is 0. The van der Waals surface area contributed by atoms with E-state index in [4.69, 9.17) is 8.83 Å². The molecule has 0 saturated heterocycles. The van der Waals surface area contributed by atoms with Crippen molar-refractivity contribution < 1.29 is 8.83 Å². The van der Waals surface area contributed by atoms with Gasteiger partial charge in [0, 0.05) is 64.4 Å². The van der Waals surface area contributed by atoms with Crippen LogP contribution in [0, 0.1) is 83.1 Å². The van der Waals surface area contributed by atoms with Crippen molar-refractivity contribution in [1.29, 1.82) is 0 Å². The highest BCUT2D eigenvalue weighted by atomic mass is 16.3. The third kappa shape index (κ3) is 7.12. The van der Waals surface area contributed by atoms with Crippen molar-refractivity contribution in [2.24, 2.45) is 0 Å². The molecule has 0 fully saturated rings. The Balaban J connectivity index is 1.08. The van der Waals surface area contributed by atoms with Crippen LogP contribution >= 0.6 is 0 Å². The Kier molecular flexibility index (Phi) is 10.2. The average Bonchev–Trinajstić information content (AvgIpc) is 3.86. The van der Waals surface area contributed by atoms with Crippen LogP contribution in [0.3, 0.4) is 0 Å². The molecule has 0 amide bonds. The number of anilines is 7. The van der Waals surface area contributed by atoms with Gasteiger partial charge >= 0.3 is 0 Å². The number of hydrogen-bond donors (Lipinski definition) is 0. The molecule has 11 rings (SSSR count). The van der Waals surface area contributed by atoms with E-state index in [1.165, 1.54) is 66.8 Å². The van der Waals surface area contributed by atoms with Crippen LogP contribution in [0.5, 0.6) is 0 Å². The van der Waals surface area contributed by atoms with Crippen LogP contribution in [0.2, 0.25) is 0 Å². The van der Waals surface area contributed by atoms with Crippen molar-refractivity contribution in [2.45, 2.75) is 83.1 Å². The van der Waals surface area contributed by atoms with Gasteiger partial charge in [0.2, 0.25) is 0 Å². The first-order valence-corrected chi connectivity index (χ1v) is 24.3. The minimum absolute atomic E-state index is 0.824. The van der Waals surface area contributed by atoms with Gasteiger partial charge in [-0.25, -0.2) is 0 Å². The van der Waals surface area contributed by atoms with Crippen LogP contribution in [0.1, 0.15) is 66.8 Å². The van der Waals surface area contributed by atoms with E-state index >= 15 is 0 Å². The maximum Gasteiger partial charge on any atom is 0.162 e. The van der Waals surface area contributed by atoms with Gasteiger partial charge in [0.25, 0.3) is 0 Å². The number of rotatable bonds is 7. The highest BCUT2D eigenvalue weighted by molar-refractivity contribution is 6.27. The maximum atomic E-state index is 7.05. The molecule has 5 nitrogen and oxygen atoms in total. The van der Waals surface area contributed by atoms with Crippen molar-refractivity contribution in [1.82, 2.24) is 0 Å². The van der Waals surface area contributed by atoms with Crippen LogP contribution in [0.15, 0.2) is 124 Å². The lowest BCUT2D eigenvalue weighted by molar-refractivity contribution is 0.662. The molecule has 0 saturated carbocycles. The fraction of sp³-hybridized carbons (Fsp3) is 0.219. The van der Waals surface area contributed by atoms with Crippen molar-refractivity contribution in [3.8, 4) is 0 Å². The summed E-state index contributed by atoms with van der Waals surface area (Å²) >= 11 is 0. The highest BCUT2D eigenvalue weighted by Crippen LogP contribution is 2.47. The Morgan fingerprint density at radius 2 is 0.652 bits per heavy atom. The molecule has 0 aliphatic rings. The van der Waals surface area contributed by atoms with E-state index in [9.17, 15) is 0 Å². The number of furan rings is 2. The fourth-order valence-corrected chi connectivity index (χ4v) is 10.7. The minimum Gasteiger partial charge on any atom is -0.455 e. The Bertz CT molecular complexity index is 3770. The van der Waals surface area contributed by atoms with Crippen molar-refractivity contribution in [3.63, 3.8) is 0 Å². The summed E-state index contributed by atoms with van der Waals surface area (Å²) in [5, 5.41) is 8.73. The Labute approximate surface area is 406 Å². The summed E-state index contributed by atoms with van der Waals surface area (Å²) in [7, 11) is 4.18. The van der Waals surface area contributed by atoms with Gasteiger partial charge in [0.15, 0.2) is 5.58 Å².